The Morgan fingerprint density at radius 1 is 1.18 bits per heavy atom. The minimum Gasteiger partial charge on any atom is -0.490 e. The quantitative estimate of drug-likeness (QED) is 0.532. The van der Waals surface area contributed by atoms with Crippen molar-refractivity contribution in [2.75, 3.05) is 19.8 Å². The summed E-state index contributed by atoms with van der Waals surface area (Å²) in [7, 11) is 0. The highest BCUT2D eigenvalue weighted by Crippen LogP contribution is 2.36. The molecule has 0 fully saturated rings. The second kappa shape index (κ2) is 9.51. The lowest BCUT2D eigenvalue weighted by Crippen LogP contribution is -2.25. The Morgan fingerprint density at radius 2 is 2.00 bits per heavy atom. The van der Waals surface area contributed by atoms with Gasteiger partial charge in [0.25, 0.3) is 5.91 Å². The lowest BCUT2D eigenvalue weighted by atomic mass is 10.1. The molecule has 28 heavy (non-hydrogen) atoms. The number of carbonyl (C=O) groups is 1. The van der Waals surface area contributed by atoms with Gasteiger partial charge in [-0.25, -0.2) is 0 Å². The Bertz CT molecular complexity index is 952. The molecule has 0 aliphatic rings. The van der Waals surface area contributed by atoms with Crippen LogP contribution >= 0.6 is 11.6 Å². The third kappa shape index (κ3) is 4.60. The Morgan fingerprint density at radius 3 is 2.79 bits per heavy atom. The van der Waals surface area contributed by atoms with Crippen molar-refractivity contribution in [3.63, 3.8) is 0 Å². The zero-order valence-corrected chi connectivity index (χ0v) is 16.9. The van der Waals surface area contributed by atoms with Crippen molar-refractivity contribution in [1.82, 2.24) is 10.3 Å². The van der Waals surface area contributed by atoms with Gasteiger partial charge in [-0.05, 0) is 43.5 Å². The van der Waals surface area contributed by atoms with E-state index in [0.717, 1.165) is 18.4 Å². The van der Waals surface area contributed by atoms with Crippen molar-refractivity contribution >= 4 is 28.4 Å². The average molecular weight is 401 g/mol. The van der Waals surface area contributed by atoms with Crippen LogP contribution in [0.1, 0.15) is 36.2 Å². The van der Waals surface area contributed by atoms with Crippen LogP contribution in [0.4, 0.5) is 0 Å². The Hall–Kier alpha value is -2.66. The van der Waals surface area contributed by atoms with Crippen LogP contribution in [0.5, 0.6) is 11.5 Å². The standard InChI is InChI=1S/C22H25ClN2O3/c1-3-11-28-21-18(23)12-16(13-20(21)27-4-2)22(26)24-10-9-15-14-25-19-8-6-5-7-17(15)19/h5-8,12-14,25H,3-4,9-11H2,1-2H3,(H,24,26). The molecule has 3 aromatic rings. The summed E-state index contributed by atoms with van der Waals surface area (Å²) < 4.78 is 11.3. The van der Waals surface area contributed by atoms with E-state index in [0.29, 0.717) is 41.8 Å². The number of rotatable bonds is 9. The number of ether oxygens (including phenoxy) is 2. The molecule has 0 aliphatic carbocycles. The number of aromatic amines is 1. The number of benzene rings is 2. The first-order valence-corrected chi connectivity index (χ1v) is 9.94. The van der Waals surface area contributed by atoms with Gasteiger partial charge in [-0.1, -0.05) is 36.7 Å². The highest BCUT2D eigenvalue weighted by atomic mass is 35.5. The number of nitrogens with one attached hydrogen (secondary N) is 2. The van der Waals surface area contributed by atoms with Gasteiger partial charge in [0.1, 0.15) is 0 Å². The molecule has 0 saturated carbocycles. The first kappa shape index (κ1) is 20.1. The van der Waals surface area contributed by atoms with E-state index < -0.39 is 0 Å². The van der Waals surface area contributed by atoms with Crippen molar-refractivity contribution in [2.24, 2.45) is 0 Å². The van der Waals surface area contributed by atoms with E-state index in [9.17, 15) is 4.79 Å². The minimum atomic E-state index is -0.190. The van der Waals surface area contributed by atoms with Crippen LogP contribution in [0.3, 0.4) is 0 Å². The van der Waals surface area contributed by atoms with Gasteiger partial charge in [0.05, 0.1) is 18.2 Å². The summed E-state index contributed by atoms with van der Waals surface area (Å²) >= 11 is 6.34. The fourth-order valence-electron chi connectivity index (χ4n) is 3.06. The van der Waals surface area contributed by atoms with Crippen LogP contribution in [-0.4, -0.2) is 30.6 Å². The van der Waals surface area contributed by atoms with Gasteiger partial charge >= 0.3 is 0 Å². The van der Waals surface area contributed by atoms with Crippen LogP contribution in [0.2, 0.25) is 5.02 Å². The zero-order valence-electron chi connectivity index (χ0n) is 16.2. The second-order valence-electron chi connectivity index (χ2n) is 6.43. The number of aromatic nitrogens is 1. The summed E-state index contributed by atoms with van der Waals surface area (Å²) in [5.41, 5.74) is 2.73. The van der Waals surface area contributed by atoms with E-state index >= 15 is 0 Å². The van der Waals surface area contributed by atoms with Gasteiger partial charge in [-0.15, -0.1) is 0 Å². The molecule has 3 rings (SSSR count). The number of hydrogen-bond donors (Lipinski definition) is 2. The maximum absolute atomic E-state index is 12.6. The summed E-state index contributed by atoms with van der Waals surface area (Å²) in [6.07, 6.45) is 3.58. The van der Waals surface area contributed by atoms with Crippen LogP contribution in [0, 0.1) is 0 Å². The molecule has 148 valence electrons. The fraction of sp³-hybridized carbons (Fsp3) is 0.318. The number of fused-ring (bicyclic) bond motifs is 1. The van der Waals surface area contributed by atoms with Gasteiger partial charge in [-0.2, -0.15) is 0 Å². The molecule has 0 spiro atoms. The number of H-pyrrole nitrogens is 1. The number of halogens is 1. The molecule has 2 N–H and O–H groups in total. The number of amides is 1. The second-order valence-corrected chi connectivity index (χ2v) is 6.84. The summed E-state index contributed by atoms with van der Waals surface area (Å²) in [6, 6.07) is 11.4. The predicted octanol–water partition coefficient (Wildman–Crippen LogP) is 4.98. The average Bonchev–Trinajstić information content (AvgIpc) is 3.10. The molecule has 5 nitrogen and oxygen atoms in total. The van der Waals surface area contributed by atoms with Crippen LogP contribution in [-0.2, 0) is 6.42 Å². The first-order valence-electron chi connectivity index (χ1n) is 9.56. The van der Waals surface area contributed by atoms with E-state index in [1.807, 2.05) is 38.2 Å². The SMILES string of the molecule is CCCOc1c(Cl)cc(C(=O)NCCc2c[nH]c3ccccc23)cc1OCC. The molecule has 0 aliphatic heterocycles. The molecule has 0 atom stereocenters. The third-order valence-corrected chi connectivity index (χ3v) is 4.66. The lowest BCUT2D eigenvalue weighted by molar-refractivity contribution is 0.0953. The molecule has 6 heteroatoms. The van der Waals surface area contributed by atoms with Gasteiger partial charge in [0, 0.05) is 29.2 Å². The molecule has 2 aromatic carbocycles. The van der Waals surface area contributed by atoms with Gasteiger partial charge in [0.15, 0.2) is 11.5 Å². The summed E-state index contributed by atoms with van der Waals surface area (Å²) in [4.78, 5) is 15.8. The largest absolute Gasteiger partial charge is 0.490 e. The first-order chi connectivity index (χ1) is 13.6. The molecule has 0 bridgehead atoms. The predicted molar refractivity (Wildman–Crippen MR) is 113 cm³/mol. The topological polar surface area (TPSA) is 63.3 Å². The molecular weight excluding hydrogens is 376 g/mol. The van der Waals surface area contributed by atoms with E-state index in [-0.39, 0.29) is 5.91 Å². The summed E-state index contributed by atoms with van der Waals surface area (Å²) in [5, 5.41) is 4.51. The van der Waals surface area contributed by atoms with Crippen LogP contribution < -0.4 is 14.8 Å². The molecule has 1 amide bonds. The maximum Gasteiger partial charge on any atom is 0.251 e. The normalized spacial score (nSPS) is 10.8. The Balaban J connectivity index is 1.68. The van der Waals surface area contributed by atoms with E-state index in [1.54, 1.807) is 12.1 Å². The fourth-order valence-corrected chi connectivity index (χ4v) is 3.32. The summed E-state index contributed by atoms with van der Waals surface area (Å²) in [6.45, 7) is 5.42. The van der Waals surface area contributed by atoms with Crippen molar-refractivity contribution in [1.29, 1.82) is 0 Å². The molecule has 1 aromatic heterocycles. The number of carbonyl (C=O) groups excluding carboxylic acids is 1. The van der Waals surface area contributed by atoms with Gasteiger partial charge < -0.3 is 19.8 Å². The van der Waals surface area contributed by atoms with Crippen LogP contribution in [0.15, 0.2) is 42.6 Å². The monoisotopic (exact) mass is 400 g/mol. The van der Waals surface area contributed by atoms with E-state index in [4.69, 9.17) is 21.1 Å². The minimum absolute atomic E-state index is 0.190. The highest BCUT2D eigenvalue weighted by Gasteiger charge is 2.16. The Labute approximate surface area is 170 Å². The highest BCUT2D eigenvalue weighted by molar-refractivity contribution is 6.32. The van der Waals surface area contributed by atoms with Crippen molar-refractivity contribution in [2.45, 2.75) is 26.7 Å². The lowest BCUT2D eigenvalue weighted by Gasteiger charge is -2.15. The number of para-hydroxylation sites is 1. The van der Waals surface area contributed by atoms with Gasteiger partial charge in [0.2, 0.25) is 0 Å². The molecular formula is C22H25ClN2O3. The maximum atomic E-state index is 12.6. The van der Waals surface area contributed by atoms with E-state index in [2.05, 4.69) is 16.4 Å². The van der Waals surface area contributed by atoms with Crippen molar-refractivity contribution in [3.05, 3.63) is 58.7 Å². The Kier molecular flexibility index (Phi) is 6.82. The molecule has 0 unspecified atom stereocenters. The van der Waals surface area contributed by atoms with Crippen molar-refractivity contribution in [3.8, 4) is 11.5 Å². The number of hydrogen-bond acceptors (Lipinski definition) is 3. The summed E-state index contributed by atoms with van der Waals surface area (Å²) in [5.74, 6) is 0.788. The van der Waals surface area contributed by atoms with E-state index in [1.165, 1.54) is 10.9 Å². The molecule has 0 saturated heterocycles. The van der Waals surface area contributed by atoms with Crippen molar-refractivity contribution < 1.29 is 14.3 Å². The van der Waals surface area contributed by atoms with Gasteiger partial charge in [-0.3, -0.25) is 4.79 Å². The zero-order chi connectivity index (χ0) is 19.9. The molecule has 1 heterocycles. The third-order valence-electron chi connectivity index (χ3n) is 4.38. The smallest absolute Gasteiger partial charge is 0.251 e. The van der Waals surface area contributed by atoms with Crippen LogP contribution in [0.25, 0.3) is 10.9 Å². The molecule has 0 radical (unpaired) electrons.